The van der Waals surface area contributed by atoms with Gasteiger partial charge in [-0.1, -0.05) is 42.8 Å². The zero-order valence-electron chi connectivity index (χ0n) is 16.5. The van der Waals surface area contributed by atoms with Gasteiger partial charge < -0.3 is 14.6 Å². The highest BCUT2D eigenvalue weighted by Crippen LogP contribution is 2.36. The number of unbranched alkanes of at least 4 members (excludes halogenated alkanes) is 1. The number of ether oxygens (including phenoxy) is 2. The molecule has 8 heteroatoms. The molecule has 30 heavy (non-hydrogen) atoms. The van der Waals surface area contributed by atoms with Crippen LogP contribution in [0.4, 0.5) is 0 Å². The van der Waals surface area contributed by atoms with Gasteiger partial charge in [0.2, 0.25) is 6.79 Å². The van der Waals surface area contributed by atoms with Crippen molar-refractivity contribution in [3.8, 4) is 11.5 Å². The number of nitrogens with one attached hydrogen (secondary N) is 1. The van der Waals surface area contributed by atoms with E-state index in [-0.39, 0.29) is 12.7 Å². The normalized spacial score (nSPS) is 14.4. The summed E-state index contributed by atoms with van der Waals surface area (Å²) in [6.07, 6.45) is 3.72. The number of carboxylic acids is 1. The van der Waals surface area contributed by atoms with Crippen LogP contribution in [0.15, 0.2) is 48.5 Å². The molecule has 0 spiro atoms. The van der Waals surface area contributed by atoms with Crippen LogP contribution in [0.5, 0.6) is 11.5 Å². The van der Waals surface area contributed by atoms with E-state index >= 15 is 0 Å². The third-order valence-corrected chi connectivity index (χ3v) is 5.48. The zero-order chi connectivity index (χ0) is 20.8. The highest BCUT2D eigenvalue weighted by Gasteiger charge is 2.32. The maximum absolute atomic E-state index is 12.2. The molecular weight excluding hydrogens is 384 g/mol. The number of hydrogen-bond donors (Lipinski definition) is 2. The number of benzene rings is 2. The molecule has 1 aliphatic heterocycles. The molecule has 156 valence electrons. The van der Waals surface area contributed by atoms with Crippen LogP contribution in [0.3, 0.4) is 0 Å². The van der Waals surface area contributed by atoms with E-state index in [9.17, 15) is 9.90 Å². The Morgan fingerprint density at radius 2 is 1.90 bits per heavy atom. The van der Waals surface area contributed by atoms with Crippen molar-refractivity contribution in [3.63, 3.8) is 0 Å². The van der Waals surface area contributed by atoms with E-state index in [0.29, 0.717) is 30.2 Å². The molecule has 0 bridgehead atoms. The number of H-pyrrole nitrogens is 1. The second kappa shape index (κ2) is 9.39. The minimum atomic E-state index is -0.836. The first-order chi connectivity index (χ1) is 14.7. The number of carboxylic acid groups (broad SMARTS) is 1. The minimum Gasteiger partial charge on any atom is -0.481 e. The Morgan fingerprint density at radius 1 is 1.07 bits per heavy atom. The van der Waals surface area contributed by atoms with Crippen LogP contribution >= 0.6 is 0 Å². The van der Waals surface area contributed by atoms with E-state index in [2.05, 4.69) is 32.8 Å². The van der Waals surface area contributed by atoms with E-state index in [1.165, 1.54) is 5.56 Å². The summed E-state index contributed by atoms with van der Waals surface area (Å²) >= 11 is 0. The maximum atomic E-state index is 12.2. The Morgan fingerprint density at radius 3 is 2.67 bits per heavy atom. The van der Waals surface area contributed by atoms with Gasteiger partial charge in [0, 0.05) is 5.92 Å². The van der Waals surface area contributed by atoms with Crippen LogP contribution in [0.2, 0.25) is 0 Å². The van der Waals surface area contributed by atoms with E-state index < -0.39 is 11.9 Å². The molecule has 1 aliphatic rings. The van der Waals surface area contributed by atoms with Gasteiger partial charge in [-0.3, -0.25) is 4.79 Å². The zero-order valence-corrected chi connectivity index (χ0v) is 16.5. The summed E-state index contributed by atoms with van der Waals surface area (Å²) in [7, 11) is 0. The van der Waals surface area contributed by atoms with Gasteiger partial charge in [0.1, 0.15) is 0 Å². The summed E-state index contributed by atoms with van der Waals surface area (Å²) in [6, 6.07) is 15.9. The lowest BCUT2D eigenvalue weighted by Gasteiger charge is -2.22. The van der Waals surface area contributed by atoms with Crippen molar-refractivity contribution in [2.75, 3.05) is 6.79 Å². The van der Waals surface area contributed by atoms with Gasteiger partial charge in [-0.05, 0) is 59.4 Å². The summed E-state index contributed by atoms with van der Waals surface area (Å²) in [5.74, 6) is 0.0690. The molecule has 2 heterocycles. The molecule has 0 aliphatic carbocycles. The first-order valence-corrected chi connectivity index (χ1v) is 10.1. The van der Waals surface area contributed by atoms with E-state index in [4.69, 9.17) is 9.47 Å². The van der Waals surface area contributed by atoms with Crippen molar-refractivity contribution < 1.29 is 19.4 Å². The third-order valence-electron chi connectivity index (χ3n) is 5.48. The quantitative estimate of drug-likeness (QED) is 0.495. The Labute approximate surface area is 174 Å². The molecule has 0 unspecified atom stereocenters. The van der Waals surface area contributed by atoms with Gasteiger partial charge in [0.25, 0.3) is 0 Å². The van der Waals surface area contributed by atoms with Gasteiger partial charge in [-0.2, -0.15) is 0 Å². The molecule has 0 radical (unpaired) electrons. The second-order valence-corrected chi connectivity index (χ2v) is 7.46. The molecule has 2 aromatic carbocycles. The molecule has 1 aromatic heterocycles. The number of rotatable bonds is 10. The van der Waals surface area contributed by atoms with Gasteiger partial charge in [-0.15, -0.1) is 5.10 Å². The van der Waals surface area contributed by atoms with E-state index in [1.54, 1.807) is 0 Å². The fourth-order valence-corrected chi connectivity index (χ4v) is 3.91. The SMILES string of the molecule is O=C(O)[C@@H](CCCCc1ccccc1)[C@H](Cc1ccc2c(c1)OCO2)c1nnn[nH]1. The second-order valence-electron chi connectivity index (χ2n) is 7.46. The highest BCUT2D eigenvalue weighted by molar-refractivity contribution is 5.71. The number of aromatic amines is 1. The van der Waals surface area contributed by atoms with Crippen molar-refractivity contribution in [2.24, 2.45) is 5.92 Å². The van der Waals surface area contributed by atoms with Crippen LogP contribution in [-0.4, -0.2) is 38.5 Å². The molecule has 2 N–H and O–H groups in total. The predicted molar refractivity (Wildman–Crippen MR) is 108 cm³/mol. The Hall–Kier alpha value is -3.42. The fraction of sp³-hybridized carbons (Fsp3) is 0.364. The van der Waals surface area contributed by atoms with Crippen molar-refractivity contribution in [1.82, 2.24) is 20.6 Å². The summed E-state index contributed by atoms with van der Waals surface area (Å²) in [5, 5.41) is 24.1. The largest absolute Gasteiger partial charge is 0.481 e. The van der Waals surface area contributed by atoms with Crippen molar-refractivity contribution in [3.05, 3.63) is 65.5 Å². The van der Waals surface area contributed by atoms with Crippen LogP contribution in [0, 0.1) is 5.92 Å². The number of tetrazole rings is 1. The van der Waals surface area contributed by atoms with Crippen molar-refractivity contribution >= 4 is 5.97 Å². The van der Waals surface area contributed by atoms with E-state index in [0.717, 1.165) is 24.8 Å². The Kier molecular flexibility index (Phi) is 6.22. The average Bonchev–Trinajstić information content (AvgIpc) is 3.45. The maximum Gasteiger partial charge on any atom is 0.307 e. The molecule has 0 saturated heterocycles. The molecular formula is C22H24N4O4. The minimum absolute atomic E-state index is 0.202. The lowest BCUT2D eigenvalue weighted by atomic mass is 9.82. The molecule has 0 fully saturated rings. The number of fused-ring (bicyclic) bond motifs is 1. The molecule has 8 nitrogen and oxygen atoms in total. The smallest absolute Gasteiger partial charge is 0.307 e. The number of aliphatic carboxylic acids is 1. The topological polar surface area (TPSA) is 110 Å². The standard InChI is InChI=1S/C22H24N4O4/c27-22(28)17(9-5-4-8-15-6-2-1-3-7-15)18(21-23-25-26-24-21)12-16-10-11-19-20(13-16)30-14-29-19/h1-3,6-7,10-11,13,17-18H,4-5,8-9,12,14H2,(H,27,28)(H,23,24,25,26)/t17-,18-/m0/s1. The summed E-state index contributed by atoms with van der Waals surface area (Å²) < 4.78 is 10.8. The van der Waals surface area contributed by atoms with Crippen LogP contribution in [0.1, 0.15) is 42.1 Å². The van der Waals surface area contributed by atoms with Crippen LogP contribution in [-0.2, 0) is 17.6 Å². The van der Waals surface area contributed by atoms with Gasteiger partial charge in [-0.25, -0.2) is 5.10 Å². The van der Waals surface area contributed by atoms with Gasteiger partial charge >= 0.3 is 5.97 Å². The Bertz CT molecular complexity index is 963. The highest BCUT2D eigenvalue weighted by atomic mass is 16.7. The number of carbonyl (C=O) groups is 1. The number of nitrogens with zero attached hydrogens (tertiary/aromatic N) is 3. The summed E-state index contributed by atoms with van der Waals surface area (Å²) in [4.78, 5) is 12.2. The third kappa shape index (κ3) is 4.76. The first kappa shape index (κ1) is 19.9. The fourth-order valence-electron chi connectivity index (χ4n) is 3.91. The van der Waals surface area contributed by atoms with Gasteiger partial charge in [0.15, 0.2) is 17.3 Å². The number of hydrogen-bond acceptors (Lipinski definition) is 6. The number of aryl methyl sites for hydroxylation is 1. The summed E-state index contributed by atoms with van der Waals surface area (Å²) in [5.41, 5.74) is 2.22. The van der Waals surface area contributed by atoms with Crippen LogP contribution < -0.4 is 9.47 Å². The van der Waals surface area contributed by atoms with E-state index in [1.807, 2.05) is 36.4 Å². The molecule has 3 aromatic rings. The summed E-state index contributed by atoms with van der Waals surface area (Å²) in [6.45, 7) is 0.202. The molecule has 2 atom stereocenters. The van der Waals surface area contributed by atoms with Gasteiger partial charge in [0.05, 0.1) is 5.92 Å². The van der Waals surface area contributed by atoms with Crippen molar-refractivity contribution in [2.45, 2.75) is 38.0 Å². The predicted octanol–water partition coefficient (Wildman–Crippen LogP) is 3.37. The van der Waals surface area contributed by atoms with Crippen LogP contribution in [0.25, 0.3) is 0 Å². The lowest BCUT2D eigenvalue weighted by molar-refractivity contribution is -0.143. The molecule has 0 saturated carbocycles. The average molecular weight is 408 g/mol. The monoisotopic (exact) mass is 408 g/mol. The first-order valence-electron chi connectivity index (χ1n) is 10.1. The molecule has 0 amide bonds. The number of aromatic nitrogens is 4. The van der Waals surface area contributed by atoms with Crippen molar-refractivity contribution in [1.29, 1.82) is 0 Å². The Balaban J connectivity index is 1.45. The molecule has 4 rings (SSSR count). The lowest BCUT2D eigenvalue weighted by Crippen LogP contribution is -2.25.